The van der Waals surface area contributed by atoms with Gasteiger partial charge in [0.05, 0.1) is 6.10 Å². The topological polar surface area (TPSA) is 34.2 Å². The molecule has 20 heavy (non-hydrogen) atoms. The molecule has 2 heterocycles. The highest BCUT2D eigenvalue weighted by Gasteiger charge is 2.36. The Morgan fingerprint density at radius 2 is 2.25 bits per heavy atom. The minimum Gasteiger partial charge on any atom is -0.378 e. The van der Waals surface area contributed by atoms with Gasteiger partial charge in [-0.15, -0.1) is 0 Å². The number of rotatable bonds is 7. The van der Waals surface area contributed by atoms with E-state index in [0.717, 1.165) is 32.4 Å². The van der Waals surface area contributed by atoms with Crippen LogP contribution in [0.15, 0.2) is 24.4 Å². The first kappa shape index (κ1) is 15.5. The van der Waals surface area contributed by atoms with Crippen molar-refractivity contribution in [3.63, 3.8) is 0 Å². The number of nitrogens with zero attached hydrogens (tertiary/aromatic N) is 1. The van der Waals surface area contributed by atoms with Crippen LogP contribution in [0, 0.1) is 5.92 Å². The van der Waals surface area contributed by atoms with Gasteiger partial charge in [-0.05, 0) is 37.9 Å². The molecule has 3 nitrogen and oxygen atoms in total. The molecule has 4 unspecified atom stereocenters. The van der Waals surface area contributed by atoms with E-state index in [1.165, 1.54) is 5.69 Å². The van der Waals surface area contributed by atoms with Gasteiger partial charge in [-0.1, -0.05) is 26.8 Å². The Morgan fingerprint density at radius 3 is 2.90 bits per heavy atom. The Hall–Kier alpha value is -0.930. The number of aromatic nitrogens is 1. The minimum absolute atomic E-state index is 0.399. The van der Waals surface area contributed by atoms with Crippen LogP contribution in [-0.4, -0.2) is 30.3 Å². The first-order valence-corrected chi connectivity index (χ1v) is 8.03. The molecule has 2 rings (SSSR count). The molecule has 0 saturated carbocycles. The summed E-state index contributed by atoms with van der Waals surface area (Å²) in [5, 5.41) is 3.75. The van der Waals surface area contributed by atoms with Gasteiger partial charge in [0.2, 0.25) is 0 Å². The van der Waals surface area contributed by atoms with Crippen LogP contribution >= 0.6 is 0 Å². The van der Waals surface area contributed by atoms with Crippen molar-refractivity contribution in [2.24, 2.45) is 5.92 Å². The maximum atomic E-state index is 5.90. The number of hydrogen-bond acceptors (Lipinski definition) is 3. The molecule has 1 aromatic rings. The van der Waals surface area contributed by atoms with Gasteiger partial charge in [0.1, 0.15) is 0 Å². The molecule has 1 N–H and O–H groups in total. The summed E-state index contributed by atoms with van der Waals surface area (Å²) in [5.74, 6) is 1.02. The van der Waals surface area contributed by atoms with Crippen LogP contribution in [0.1, 0.15) is 51.6 Å². The quantitative estimate of drug-likeness (QED) is 0.829. The molecule has 0 aliphatic carbocycles. The second-order valence-corrected chi connectivity index (χ2v) is 5.79. The summed E-state index contributed by atoms with van der Waals surface area (Å²) in [6.45, 7) is 8.71. The van der Waals surface area contributed by atoms with E-state index >= 15 is 0 Å². The zero-order valence-corrected chi connectivity index (χ0v) is 13.0. The van der Waals surface area contributed by atoms with E-state index in [9.17, 15) is 0 Å². The number of hydrogen-bond donors (Lipinski definition) is 1. The second-order valence-electron chi connectivity index (χ2n) is 5.79. The van der Waals surface area contributed by atoms with Crippen LogP contribution in [0.2, 0.25) is 0 Å². The molecule has 4 atom stereocenters. The molecule has 0 amide bonds. The average molecular weight is 276 g/mol. The van der Waals surface area contributed by atoms with Crippen molar-refractivity contribution in [1.29, 1.82) is 0 Å². The third-order valence-corrected chi connectivity index (χ3v) is 4.45. The van der Waals surface area contributed by atoms with Gasteiger partial charge < -0.3 is 10.1 Å². The fourth-order valence-corrected chi connectivity index (χ4v) is 3.34. The Kier molecular flexibility index (Phi) is 5.99. The highest BCUT2D eigenvalue weighted by atomic mass is 16.5. The van der Waals surface area contributed by atoms with Crippen molar-refractivity contribution >= 4 is 0 Å². The third-order valence-electron chi connectivity index (χ3n) is 4.45. The lowest BCUT2D eigenvalue weighted by Crippen LogP contribution is -2.44. The summed E-state index contributed by atoms with van der Waals surface area (Å²) < 4.78 is 5.90. The molecule has 1 fully saturated rings. The molecule has 1 saturated heterocycles. The summed E-state index contributed by atoms with van der Waals surface area (Å²) in [7, 11) is 0. The molecule has 0 spiro atoms. The summed E-state index contributed by atoms with van der Waals surface area (Å²) in [5.41, 5.74) is 1.18. The SMILES string of the molecule is CCCNC(C(C)c1ccccn1)C1CCOC1CC. The highest BCUT2D eigenvalue weighted by molar-refractivity contribution is 5.12. The normalized spacial score (nSPS) is 25.6. The first-order valence-electron chi connectivity index (χ1n) is 8.03. The highest BCUT2D eigenvalue weighted by Crippen LogP contribution is 2.33. The Balaban J connectivity index is 2.14. The van der Waals surface area contributed by atoms with Crippen molar-refractivity contribution in [1.82, 2.24) is 10.3 Å². The van der Waals surface area contributed by atoms with Crippen molar-refractivity contribution in [3.8, 4) is 0 Å². The third kappa shape index (κ3) is 3.58. The predicted octanol–water partition coefficient (Wildman–Crippen LogP) is 3.37. The van der Waals surface area contributed by atoms with E-state index in [2.05, 4.69) is 43.2 Å². The standard InChI is InChI=1S/C17H28N2O/c1-4-10-19-17(14-9-12-20-16(14)5-2)13(3)15-8-6-7-11-18-15/h6-8,11,13-14,16-17,19H,4-5,9-10,12H2,1-3H3. The van der Waals surface area contributed by atoms with Gasteiger partial charge >= 0.3 is 0 Å². The van der Waals surface area contributed by atoms with E-state index in [1.54, 1.807) is 0 Å². The minimum atomic E-state index is 0.399. The summed E-state index contributed by atoms with van der Waals surface area (Å²) >= 11 is 0. The van der Waals surface area contributed by atoms with Crippen molar-refractivity contribution in [2.45, 2.75) is 58.1 Å². The van der Waals surface area contributed by atoms with Crippen LogP contribution in [0.4, 0.5) is 0 Å². The molecular formula is C17H28N2O. The van der Waals surface area contributed by atoms with Crippen molar-refractivity contribution in [2.75, 3.05) is 13.2 Å². The summed E-state index contributed by atoms with van der Waals surface area (Å²) in [4.78, 5) is 4.55. The maximum absolute atomic E-state index is 5.90. The Morgan fingerprint density at radius 1 is 1.40 bits per heavy atom. The molecule has 1 aromatic heterocycles. The maximum Gasteiger partial charge on any atom is 0.0616 e. The molecule has 1 aliphatic heterocycles. The Labute approximate surface area is 123 Å². The van der Waals surface area contributed by atoms with Crippen LogP contribution in [0.3, 0.4) is 0 Å². The number of ether oxygens (including phenoxy) is 1. The largest absolute Gasteiger partial charge is 0.378 e. The van der Waals surface area contributed by atoms with Crippen LogP contribution < -0.4 is 5.32 Å². The molecule has 0 aromatic carbocycles. The second kappa shape index (κ2) is 7.75. The lowest BCUT2D eigenvalue weighted by molar-refractivity contribution is 0.0745. The zero-order valence-electron chi connectivity index (χ0n) is 13.0. The smallest absolute Gasteiger partial charge is 0.0616 e. The molecular weight excluding hydrogens is 248 g/mol. The lowest BCUT2D eigenvalue weighted by atomic mass is 9.82. The molecule has 1 aliphatic rings. The van der Waals surface area contributed by atoms with Gasteiger partial charge in [-0.2, -0.15) is 0 Å². The van der Waals surface area contributed by atoms with E-state index in [4.69, 9.17) is 4.74 Å². The van der Waals surface area contributed by atoms with E-state index in [-0.39, 0.29) is 0 Å². The molecule has 112 valence electrons. The lowest BCUT2D eigenvalue weighted by Gasteiger charge is -2.32. The van der Waals surface area contributed by atoms with Crippen LogP contribution in [0.5, 0.6) is 0 Å². The summed E-state index contributed by atoms with van der Waals surface area (Å²) in [6, 6.07) is 6.66. The van der Waals surface area contributed by atoms with Gasteiger partial charge in [0.15, 0.2) is 0 Å². The number of pyridine rings is 1. The van der Waals surface area contributed by atoms with E-state index in [0.29, 0.717) is 24.0 Å². The van der Waals surface area contributed by atoms with Crippen LogP contribution in [-0.2, 0) is 4.74 Å². The molecule has 0 radical (unpaired) electrons. The summed E-state index contributed by atoms with van der Waals surface area (Å²) in [6.07, 6.45) is 5.72. The fraction of sp³-hybridized carbons (Fsp3) is 0.706. The first-order chi connectivity index (χ1) is 9.77. The Bertz CT molecular complexity index is 382. The van der Waals surface area contributed by atoms with Gasteiger partial charge in [0, 0.05) is 36.4 Å². The van der Waals surface area contributed by atoms with Gasteiger partial charge in [0.25, 0.3) is 0 Å². The zero-order chi connectivity index (χ0) is 14.4. The average Bonchev–Trinajstić information content (AvgIpc) is 2.96. The molecule has 3 heteroatoms. The van der Waals surface area contributed by atoms with Gasteiger partial charge in [-0.25, -0.2) is 0 Å². The predicted molar refractivity (Wildman–Crippen MR) is 82.9 cm³/mol. The van der Waals surface area contributed by atoms with Crippen molar-refractivity contribution < 1.29 is 4.74 Å². The van der Waals surface area contributed by atoms with Gasteiger partial charge in [-0.3, -0.25) is 4.98 Å². The van der Waals surface area contributed by atoms with Crippen molar-refractivity contribution in [3.05, 3.63) is 30.1 Å². The number of nitrogens with one attached hydrogen (secondary N) is 1. The van der Waals surface area contributed by atoms with E-state index < -0.39 is 0 Å². The van der Waals surface area contributed by atoms with E-state index in [1.807, 2.05) is 12.3 Å². The fourth-order valence-electron chi connectivity index (χ4n) is 3.34. The molecule has 0 bridgehead atoms. The van der Waals surface area contributed by atoms with Crippen LogP contribution in [0.25, 0.3) is 0 Å². The monoisotopic (exact) mass is 276 g/mol.